The van der Waals surface area contributed by atoms with Crippen LogP contribution >= 0.6 is 0 Å². The molecule has 0 bridgehead atoms. The molecule has 1 atom stereocenters. The van der Waals surface area contributed by atoms with Gasteiger partial charge in [-0.1, -0.05) is 25.1 Å². The van der Waals surface area contributed by atoms with Crippen molar-refractivity contribution in [2.75, 3.05) is 19.1 Å². The second-order valence-electron chi connectivity index (χ2n) is 8.11. The number of nitrogens with one attached hydrogen (secondary N) is 1. The van der Waals surface area contributed by atoms with Crippen LogP contribution in [-0.4, -0.2) is 31.8 Å². The molecule has 5 nitrogen and oxygen atoms in total. The van der Waals surface area contributed by atoms with Gasteiger partial charge in [0.25, 0.3) is 0 Å². The van der Waals surface area contributed by atoms with E-state index in [1.165, 1.54) is 11.3 Å². The molecule has 2 aromatic carbocycles. The number of anilines is 1. The molecule has 1 heterocycles. The minimum absolute atomic E-state index is 0.144. The van der Waals surface area contributed by atoms with Crippen LogP contribution in [0.15, 0.2) is 47.6 Å². The molecule has 0 aromatic heterocycles. The van der Waals surface area contributed by atoms with E-state index in [0.29, 0.717) is 5.92 Å². The smallest absolute Gasteiger partial charge is 0.244 e. The Balaban J connectivity index is 1.63. The van der Waals surface area contributed by atoms with Gasteiger partial charge >= 0.3 is 0 Å². The van der Waals surface area contributed by atoms with Crippen LogP contribution in [0, 0.1) is 0 Å². The topological polar surface area (TPSA) is 53.9 Å². The predicted octanol–water partition coefficient (Wildman–Crippen LogP) is 4.11. The number of carbonyl (C=O) groups is 1. The van der Waals surface area contributed by atoms with E-state index >= 15 is 0 Å². The Morgan fingerprint density at radius 1 is 1.29 bits per heavy atom. The average molecular weight is 380 g/mol. The van der Waals surface area contributed by atoms with Crippen molar-refractivity contribution in [3.63, 3.8) is 0 Å². The molecule has 0 aliphatic carbocycles. The Morgan fingerprint density at radius 3 is 2.68 bits per heavy atom. The van der Waals surface area contributed by atoms with Crippen LogP contribution in [0.2, 0.25) is 0 Å². The first-order valence-electron chi connectivity index (χ1n) is 9.63. The van der Waals surface area contributed by atoms with Gasteiger partial charge in [0.2, 0.25) is 5.91 Å². The summed E-state index contributed by atoms with van der Waals surface area (Å²) in [4.78, 5) is 14.4. The van der Waals surface area contributed by atoms with Gasteiger partial charge in [-0.2, -0.15) is 5.10 Å². The number of hydrogen-bond donors (Lipinski definition) is 1. The SMILES string of the molecule is COc1ccc(CC(=O)N/N=C\c2ccc3c(c2)C(C)CC(C)(C)N3C)cc1. The number of nitrogens with zero attached hydrogens (tertiary/aromatic N) is 2. The molecule has 1 amide bonds. The largest absolute Gasteiger partial charge is 0.497 e. The van der Waals surface area contributed by atoms with E-state index in [1.807, 2.05) is 30.3 Å². The molecule has 1 unspecified atom stereocenters. The first kappa shape index (κ1) is 19.9. The minimum Gasteiger partial charge on any atom is -0.497 e. The Labute approximate surface area is 167 Å². The summed E-state index contributed by atoms with van der Waals surface area (Å²) in [5.41, 5.74) is 7.27. The highest BCUT2D eigenvalue weighted by Crippen LogP contribution is 2.42. The zero-order chi connectivity index (χ0) is 20.3. The molecule has 5 heteroatoms. The summed E-state index contributed by atoms with van der Waals surface area (Å²) >= 11 is 0. The first-order valence-corrected chi connectivity index (χ1v) is 9.63. The van der Waals surface area contributed by atoms with E-state index in [4.69, 9.17) is 4.74 Å². The van der Waals surface area contributed by atoms with Gasteiger partial charge in [-0.25, -0.2) is 5.43 Å². The van der Waals surface area contributed by atoms with Gasteiger partial charge in [0, 0.05) is 18.3 Å². The van der Waals surface area contributed by atoms with Gasteiger partial charge in [0.1, 0.15) is 5.75 Å². The zero-order valence-corrected chi connectivity index (χ0v) is 17.3. The lowest BCUT2D eigenvalue weighted by Gasteiger charge is -2.45. The maximum absolute atomic E-state index is 12.1. The molecule has 0 radical (unpaired) electrons. The predicted molar refractivity (Wildman–Crippen MR) is 114 cm³/mol. The monoisotopic (exact) mass is 379 g/mol. The number of hydrogen-bond acceptors (Lipinski definition) is 4. The lowest BCUT2D eigenvalue weighted by atomic mass is 9.80. The normalized spacial score (nSPS) is 18.0. The number of amides is 1. The summed E-state index contributed by atoms with van der Waals surface area (Å²) in [5, 5.41) is 4.13. The summed E-state index contributed by atoms with van der Waals surface area (Å²) in [6.45, 7) is 6.82. The van der Waals surface area contributed by atoms with Crippen molar-refractivity contribution in [3.05, 3.63) is 59.2 Å². The molecule has 28 heavy (non-hydrogen) atoms. The fraction of sp³-hybridized carbons (Fsp3) is 0.391. The van der Waals surface area contributed by atoms with Crippen molar-refractivity contribution in [1.82, 2.24) is 5.43 Å². The molecule has 1 aliphatic heterocycles. The maximum Gasteiger partial charge on any atom is 0.244 e. The van der Waals surface area contributed by atoms with Crippen molar-refractivity contribution in [2.45, 2.75) is 45.1 Å². The molecule has 2 aromatic rings. The minimum atomic E-state index is -0.144. The third-order valence-corrected chi connectivity index (χ3v) is 5.58. The molecule has 0 saturated heterocycles. The highest BCUT2D eigenvalue weighted by Gasteiger charge is 2.33. The molecule has 0 spiro atoms. The number of rotatable bonds is 5. The van der Waals surface area contributed by atoms with Crippen LogP contribution in [0.1, 0.15) is 49.8 Å². The standard InChI is InChI=1S/C23H29N3O2/c1-16-14-23(2,3)26(4)21-11-8-18(12-20(16)21)15-24-25-22(27)13-17-6-9-19(28-5)10-7-17/h6-12,15-16H,13-14H2,1-5H3,(H,25,27)/b24-15-. The number of fused-ring (bicyclic) bond motifs is 1. The van der Waals surface area contributed by atoms with Crippen LogP contribution < -0.4 is 15.1 Å². The van der Waals surface area contributed by atoms with Crippen LogP contribution in [0.3, 0.4) is 0 Å². The molecule has 3 rings (SSSR count). The fourth-order valence-electron chi connectivity index (χ4n) is 3.82. The highest BCUT2D eigenvalue weighted by atomic mass is 16.5. The summed E-state index contributed by atoms with van der Waals surface area (Å²) < 4.78 is 5.13. The molecular formula is C23H29N3O2. The number of methoxy groups -OCH3 is 1. The fourth-order valence-corrected chi connectivity index (χ4v) is 3.82. The average Bonchev–Trinajstić information content (AvgIpc) is 2.66. The number of hydrazone groups is 1. The van der Waals surface area contributed by atoms with Crippen molar-refractivity contribution in [3.8, 4) is 5.75 Å². The third kappa shape index (κ3) is 4.35. The zero-order valence-electron chi connectivity index (χ0n) is 17.3. The lowest BCUT2D eigenvalue weighted by Crippen LogP contribution is -2.45. The van der Waals surface area contributed by atoms with Crippen molar-refractivity contribution >= 4 is 17.8 Å². The Morgan fingerprint density at radius 2 is 2.00 bits per heavy atom. The van der Waals surface area contributed by atoms with E-state index < -0.39 is 0 Å². The Bertz CT molecular complexity index is 872. The molecule has 1 aliphatic rings. The summed E-state index contributed by atoms with van der Waals surface area (Å²) in [6.07, 6.45) is 3.09. The second-order valence-corrected chi connectivity index (χ2v) is 8.11. The molecule has 0 fully saturated rings. The van der Waals surface area contributed by atoms with Gasteiger partial charge in [-0.15, -0.1) is 0 Å². The van der Waals surface area contributed by atoms with Gasteiger partial charge in [-0.05, 0) is 67.1 Å². The number of ether oxygens (including phenoxy) is 1. The highest BCUT2D eigenvalue weighted by molar-refractivity contribution is 5.84. The first-order chi connectivity index (χ1) is 13.3. The molecule has 1 N–H and O–H groups in total. The summed E-state index contributed by atoms with van der Waals surface area (Å²) in [6, 6.07) is 13.8. The Hall–Kier alpha value is -2.82. The van der Waals surface area contributed by atoms with Gasteiger partial charge in [0.15, 0.2) is 0 Å². The van der Waals surface area contributed by atoms with E-state index in [1.54, 1.807) is 13.3 Å². The molecular weight excluding hydrogens is 350 g/mol. The van der Waals surface area contributed by atoms with Crippen LogP contribution in [-0.2, 0) is 11.2 Å². The van der Waals surface area contributed by atoms with Crippen molar-refractivity contribution in [1.29, 1.82) is 0 Å². The van der Waals surface area contributed by atoms with E-state index in [-0.39, 0.29) is 17.9 Å². The number of carbonyl (C=O) groups excluding carboxylic acids is 1. The van der Waals surface area contributed by atoms with E-state index in [9.17, 15) is 4.79 Å². The van der Waals surface area contributed by atoms with E-state index in [0.717, 1.165) is 23.3 Å². The van der Waals surface area contributed by atoms with Gasteiger partial charge < -0.3 is 9.64 Å². The van der Waals surface area contributed by atoms with Crippen molar-refractivity contribution < 1.29 is 9.53 Å². The van der Waals surface area contributed by atoms with Crippen LogP contribution in [0.25, 0.3) is 0 Å². The van der Waals surface area contributed by atoms with Gasteiger partial charge in [-0.3, -0.25) is 4.79 Å². The molecule has 0 saturated carbocycles. The third-order valence-electron chi connectivity index (χ3n) is 5.58. The summed E-state index contributed by atoms with van der Waals surface area (Å²) in [7, 11) is 3.77. The summed E-state index contributed by atoms with van der Waals surface area (Å²) in [5.74, 6) is 1.12. The Kier molecular flexibility index (Phi) is 5.73. The quantitative estimate of drug-likeness (QED) is 0.628. The molecule has 148 valence electrons. The number of benzene rings is 2. The lowest BCUT2D eigenvalue weighted by molar-refractivity contribution is -0.120. The van der Waals surface area contributed by atoms with Crippen molar-refractivity contribution in [2.24, 2.45) is 5.10 Å². The van der Waals surface area contributed by atoms with E-state index in [2.05, 4.69) is 55.4 Å². The van der Waals surface area contributed by atoms with Crippen LogP contribution in [0.4, 0.5) is 5.69 Å². The van der Waals surface area contributed by atoms with Gasteiger partial charge in [0.05, 0.1) is 19.7 Å². The second kappa shape index (κ2) is 8.05. The van der Waals surface area contributed by atoms with Crippen LogP contribution in [0.5, 0.6) is 5.75 Å². The maximum atomic E-state index is 12.1.